The number of nitrogens with zero attached hydrogens (tertiary/aromatic N) is 1. The molecular formula is C19H23ClN2O4S2. The second kappa shape index (κ2) is 8.02. The standard InChI is InChI=1S/C19H23ClN2O4S2/c1-14-11-18(22-9-3-4-10-27(22,23)24)12-15(2)19(14)28(25,26)21-13-16-5-7-17(20)8-6-16/h5-8,11-12,21H,3-4,9-10,13H2,1-2H3. The van der Waals surface area contributed by atoms with Crippen molar-refractivity contribution in [2.24, 2.45) is 0 Å². The number of hydrogen-bond donors (Lipinski definition) is 1. The van der Waals surface area contributed by atoms with Gasteiger partial charge in [-0.3, -0.25) is 4.31 Å². The van der Waals surface area contributed by atoms with Gasteiger partial charge in [-0.2, -0.15) is 0 Å². The molecule has 0 unspecified atom stereocenters. The molecule has 0 spiro atoms. The number of halogens is 1. The third kappa shape index (κ3) is 4.51. The maximum absolute atomic E-state index is 12.9. The first-order valence-electron chi connectivity index (χ1n) is 8.96. The van der Waals surface area contributed by atoms with Crippen LogP contribution in [0.4, 0.5) is 5.69 Å². The molecule has 9 heteroatoms. The summed E-state index contributed by atoms with van der Waals surface area (Å²) in [6, 6.07) is 10.2. The van der Waals surface area contributed by atoms with Gasteiger partial charge in [-0.15, -0.1) is 0 Å². The lowest BCUT2D eigenvalue weighted by Crippen LogP contribution is -2.38. The van der Waals surface area contributed by atoms with Gasteiger partial charge in [0.15, 0.2) is 0 Å². The molecule has 152 valence electrons. The van der Waals surface area contributed by atoms with Gasteiger partial charge in [0.25, 0.3) is 0 Å². The lowest BCUT2D eigenvalue weighted by molar-refractivity contribution is 0.574. The molecule has 28 heavy (non-hydrogen) atoms. The van der Waals surface area contributed by atoms with E-state index in [1.165, 1.54) is 4.31 Å². The van der Waals surface area contributed by atoms with Crippen molar-refractivity contribution in [3.05, 3.63) is 58.1 Å². The summed E-state index contributed by atoms with van der Waals surface area (Å²) in [4.78, 5) is 0.180. The highest BCUT2D eigenvalue weighted by atomic mass is 35.5. The average molecular weight is 443 g/mol. The average Bonchev–Trinajstić information content (AvgIpc) is 2.60. The van der Waals surface area contributed by atoms with E-state index in [1.807, 2.05) is 0 Å². The highest BCUT2D eigenvalue weighted by Gasteiger charge is 2.28. The van der Waals surface area contributed by atoms with Gasteiger partial charge >= 0.3 is 0 Å². The van der Waals surface area contributed by atoms with Crippen LogP contribution in [0.25, 0.3) is 0 Å². The first kappa shape index (κ1) is 21.1. The number of rotatable bonds is 5. The molecule has 1 aliphatic rings. The van der Waals surface area contributed by atoms with Crippen LogP contribution in [-0.4, -0.2) is 29.1 Å². The molecule has 1 fully saturated rings. The third-order valence-electron chi connectivity index (χ3n) is 4.73. The van der Waals surface area contributed by atoms with Gasteiger partial charge < -0.3 is 0 Å². The fourth-order valence-corrected chi connectivity index (χ4v) is 6.64. The number of anilines is 1. The van der Waals surface area contributed by atoms with Gasteiger partial charge in [-0.05, 0) is 67.6 Å². The van der Waals surface area contributed by atoms with Crippen molar-refractivity contribution < 1.29 is 16.8 Å². The molecule has 1 saturated heterocycles. The minimum absolute atomic E-state index is 0.119. The van der Waals surface area contributed by atoms with Crippen LogP contribution in [0.3, 0.4) is 0 Å². The molecule has 2 aromatic rings. The molecule has 6 nitrogen and oxygen atoms in total. The first-order valence-corrected chi connectivity index (χ1v) is 12.4. The Morgan fingerprint density at radius 1 is 1.07 bits per heavy atom. The van der Waals surface area contributed by atoms with E-state index in [4.69, 9.17) is 11.6 Å². The van der Waals surface area contributed by atoms with Crippen molar-refractivity contribution in [3.63, 3.8) is 0 Å². The van der Waals surface area contributed by atoms with E-state index in [2.05, 4.69) is 4.72 Å². The van der Waals surface area contributed by atoms with Crippen LogP contribution in [0, 0.1) is 13.8 Å². The zero-order chi connectivity index (χ0) is 20.5. The molecule has 1 heterocycles. The summed E-state index contributed by atoms with van der Waals surface area (Å²) >= 11 is 5.85. The Hall–Kier alpha value is -1.61. The largest absolute Gasteiger partial charge is 0.270 e. The number of aryl methyl sites for hydroxylation is 2. The molecule has 1 aliphatic heterocycles. The minimum Gasteiger partial charge on any atom is -0.270 e. The smallest absolute Gasteiger partial charge is 0.241 e. The molecule has 2 aromatic carbocycles. The van der Waals surface area contributed by atoms with E-state index in [0.717, 1.165) is 12.0 Å². The van der Waals surface area contributed by atoms with Crippen LogP contribution in [0.1, 0.15) is 29.5 Å². The molecule has 0 aromatic heterocycles. The zero-order valence-electron chi connectivity index (χ0n) is 15.8. The van der Waals surface area contributed by atoms with Gasteiger partial charge in [-0.25, -0.2) is 21.6 Å². The van der Waals surface area contributed by atoms with Crippen LogP contribution < -0.4 is 9.03 Å². The normalized spacial score (nSPS) is 16.9. The van der Waals surface area contributed by atoms with Crippen molar-refractivity contribution in [1.82, 2.24) is 4.72 Å². The summed E-state index contributed by atoms with van der Waals surface area (Å²) < 4.78 is 54.4. The van der Waals surface area contributed by atoms with Crippen LogP contribution in [0.2, 0.25) is 5.02 Å². The quantitative estimate of drug-likeness (QED) is 0.769. The number of hydrogen-bond acceptors (Lipinski definition) is 4. The number of nitrogens with one attached hydrogen (secondary N) is 1. The molecule has 0 atom stereocenters. The Morgan fingerprint density at radius 2 is 1.68 bits per heavy atom. The van der Waals surface area contributed by atoms with Gasteiger partial charge in [0, 0.05) is 18.1 Å². The van der Waals surface area contributed by atoms with E-state index < -0.39 is 20.0 Å². The Balaban J connectivity index is 1.88. The predicted octanol–water partition coefficient (Wildman–Crippen LogP) is 3.37. The summed E-state index contributed by atoms with van der Waals surface area (Å²) in [5, 5.41) is 0.585. The maximum Gasteiger partial charge on any atom is 0.241 e. The van der Waals surface area contributed by atoms with Gasteiger partial charge in [0.05, 0.1) is 16.3 Å². The van der Waals surface area contributed by atoms with Crippen LogP contribution in [0.5, 0.6) is 0 Å². The topological polar surface area (TPSA) is 83.6 Å². The van der Waals surface area contributed by atoms with Crippen molar-refractivity contribution in [1.29, 1.82) is 0 Å². The summed E-state index contributed by atoms with van der Waals surface area (Å²) in [7, 11) is -7.11. The van der Waals surface area contributed by atoms with Crippen molar-refractivity contribution in [2.45, 2.75) is 38.1 Å². The summed E-state index contributed by atoms with van der Waals surface area (Å²) in [6.45, 7) is 3.93. The molecule has 0 saturated carbocycles. The van der Waals surface area contributed by atoms with Crippen LogP contribution >= 0.6 is 11.6 Å². The third-order valence-corrected chi connectivity index (χ3v) is 8.56. The van der Waals surface area contributed by atoms with Gasteiger partial charge in [0.1, 0.15) is 0 Å². The fourth-order valence-electron chi connectivity index (χ4n) is 3.43. The van der Waals surface area contributed by atoms with Gasteiger partial charge in [0.2, 0.25) is 20.0 Å². The van der Waals surface area contributed by atoms with Crippen LogP contribution in [-0.2, 0) is 26.6 Å². The van der Waals surface area contributed by atoms with Crippen LogP contribution in [0.15, 0.2) is 41.3 Å². The monoisotopic (exact) mass is 442 g/mol. The number of sulfonamides is 2. The van der Waals surface area contributed by atoms with Crippen molar-refractivity contribution >= 4 is 37.3 Å². The molecule has 0 bridgehead atoms. The summed E-state index contributed by atoms with van der Waals surface area (Å²) in [6.07, 6.45) is 1.44. The molecule has 1 N–H and O–H groups in total. The second-order valence-electron chi connectivity index (χ2n) is 6.95. The Labute approximate surface area is 171 Å². The summed E-state index contributed by atoms with van der Waals surface area (Å²) in [5.41, 5.74) is 2.34. The number of benzene rings is 2. The van der Waals surface area contributed by atoms with E-state index in [0.29, 0.717) is 34.8 Å². The molecule has 0 radical (unpaired) electrons. The van der Waals surface area contributed by atoms with Crippen molar-refractivity contribution in [3.8, 4) is 0 Å². The highest BCUT2D eigenvalue weighted by molar-refractivity contribution is 7.92. The second-order valence-corrected chi connectivity index (χ2v) is 11.1. The minimum atomic E-state index is -3.76. The van der Waals surface area contributed by atoms with Gasteiger partial charge in [-0.1, -0.05) is 23.7 Å². The summed E-state index contributed by atoms with van der Waals surface area (Å²) in [5.74, 6) is 0.119. The highest BCUT2D eigenvalue weighted by Crippen LogP contribution is 2.30. The van der Waals surface area contributed by atoms with E-state index in [9.17, 15) is 16.8 Å². The molecular weight excluding hydrogens is 420 g/mol. The zero-order valence-corrected chi connectivity index (χ0v) is 18.2. The Kier molecular flexibility index (Phi) is 6.05. The first-order chi connectivity index (χ1) is 13.1. The molecule has 0 aliphatic carbocycles. The van der Waals surface area contributed by atoms with Crippen molar-refractivity contribution in [2.75, 3.05) is 16.6 Å². The predicted molar refractivity (Wildman–Crippen MR) is 112 cm³/mol. The molecule has 0 amide bonds. The van der Waals surface area contributed by atoms with E-state index in [1.54, 1.807) is 50.2 Å². The SMILES string of the molecule is Cc1cc(N2CCCCS2(=O)=O)cc(C)c1S(=O)(=O)NCc1ccc(Cl)cc1. The van der Waals surface area contributed by atoms with E-state index in [-0.39, 0.29) is 17.2 Å². The Bertz CT molecular complexity index is 1060. The lowest BCUT2D eigenvalue weighted by atomic mass is 10.1. The maximum atomic E-state index is 12.9. The Morgan fingerprint density at radius 3 is 2.25 bits per heavy atom. The fraction of sp³-hybridized carbons (Fsp3) is 0.368. The van der Waals surface area contributed by atoms with E-state index >= 15 is 0 Å². The lowest BCUT2D eigenvalue weighted by Gasteiger charge is -2.29. The molecule has 3 rings (SSSR count).